The van der Waals surface area contributed by atoms with Crippen LogP contribution in [0.4, 0.5) is 0 Å². The molecular formula is C12H10ClNO3. The third-order valence-electron chi connectivity index (χ3n) is 3.12. The quantitative estimate of drug-likeness (QED) is 0.599. The summed E-state index contributed by atoms with van der Waals surface area (Å²) in [5.41, 5.74) is 0.348. The fourth-order valence-corrected chi connectivity index (χ4v) is 2.40. The van der Waals surface area contributed by atoms with Crippen LogP contribution in [0.1, 0.15) is 18.4 Å². The Morgan fingerprint density at radius 2 is 1.88 bits per heavy atom. The van der Waals surface area contributed by atoms with E-state index in [1.165, 1.54) is 0 Å². The van der Waals surface area contributed by atoms with Crippen LogP contribution in [-0.2, 0) is 10.3 Å². The van der Waals surface area contributed by atoms with Gasteiger partial charge in [0.1, 0.15) is 13.2 Å². The highest BCUT2D eigenvalue weighted by Crippen LogP contribution is 2.53. The van der Waals surface area contributed by atoms with Crippen molar-refractivity contribution in [2.24, 2.45) is 4.99 Å². The van der Waals surface area contributed by atoms with E-state index in [-0.39, 0.29) is 0 Å². The largest absolute Gasteiger partial charge is 0.486 e. The molecule has 0 aromatic heterocycles. The molecule has 17 heavy (non-hydrogen) atoms. The Hall–Kier alpha value is -1.51. The van der Waals surface area contributed by atoms with Crippen molar-refractivity contribution < 1.29 is 14.3 Å². The topological polar surface area (TPSA) is 47.9 Å². The van der Waals surface area contributed by atoms with E-state index < -0.39 is 5.54 Å². The lowest BCUT2D eigenvalue weighted by molar-refractivity contribution is 0.171. The number of rotatable bonds is 2. The second kappa shape index (κ2) is 3.76. The van der Waals surface area contributed by atoms with Crippen LogP contribution in [0.15, 0.2) is 17.1 Å². The van der Waals surface area contributed by atoms with Gasteiger partial charge >= 0.3 is 0 Å². The van der Waals surface area contributed by atoms with E-state index in [4.69, 9.17) is 21.1 Å². The number of hydrogen-bond acceptors (Lipinski definition) is 4. The number of nitrogens with zero attached hydrogens (tertiary/aromatic N) is 1. The number of carbonyl (C=O) groups excluding carboxylic acids is 1. The van der Waals surface area contributed by atoms with Crippen molar-refractivity contribution in [2.75, 3.05) is 13.2 Å². The van der Waals surface area contributed by atoms with Crippen molar-refractivity contribution in [1.82, 2.24) is 0 Å². The van der Waals surface area contributed by atoms with E-state index in [2.05, 4.69) is 4.99 Å². The first kappa shape index (κ1) is 10.6. The van der Waals surface area contributed by atoms with Gasteiger partial charge in [0.05, 0.1) is 10.6 Å². The van der Waals surface area contributed by atoms with Crippen LogP contribution in [0.25, 0.3) is 0 Å². The van der Waals surface area contributed by atoms with Gasteiger partial charge in [0.2, 0.25) is 6.08 Å². The van der Waals surface area contributed by atoms with E-state index in [0.717, 1.165) is 18.4 Å². The molecule has 4 nitrogen and oxygen atoms in total. The third-order valence-corrected chi connectivity index (χ3v) is 3.43. The molecule has 5 heteroatoms. The average Bonchev–Trinajstić information content (AvgIpc) is 3.09. The Morgan fingerprint density at radius 3 is 2.47 bits per heavy atom. The zero-order valence-corrected chi connectivity index (χ0v) is 9.79. The van der Waals surface area contributed by atoms with E-state index in [9.17, 15) is 4.79 Å². The van der Waals surface area contributed by atoms with Gasteiger partial charge in [0, 0.05) is 11.6 Å². The zero-order valence-electron chi connectivity index (χ0n) is 9.03. The van der Waals surface area contributed by atoms with Crippen LogP contribution >= 0.6 is 11.6 Å². The molecule has 0 N–H and O–H groups in total. The lowest BCUT2D eigenvalue weighted by Gasteiger charge is -2.21. The van der Waals surface area contributed by atoms with Gasteiger partial charge in [0.15, 0.2) is 11.5 Å². The summed E-state index contributed by atoms with van der Waals surface area (Å²) in [4.78, 5) is 14.3. The first-order valence-electron chi connectivity index (χ1n) is 5.44. The van der Waals surface area contributed by atoms with Gasteiger partial charge in [-0.05, 0) is 18.9 Å². The summed E-state index contributed by atoms with van der Waals surface area (Å²) < 4.78 is 10.9. The van der Waals surface area contributed by atoms with Gasteiger partial charge in [-0.15, -0.1) is 0 Å². The van der Waals surface area contributed by atoms with Crippen molar-refractivity contribution in [3.05, 3.63) is 22.7 Å². The number of ether oxygens (including phenoxy) is 2. The molecule has 0 saturated heterocycles. The fraction of sp³-hybridized carbons (Fsp3) is 0.417. The minimum absolute atomic E-state index is 0.478. The summed E-state index contributed by atoms with van der Waals surface area (Å²) in [6.07, 6.45) is 3.26. The molecule has 88 valence electrons. The zero-order chi connectivity index (χ0) is 11.9. The second-order valence-corrected chi connectivity index (χ2v) is 4.62. The molecule has 0 radical (unpaired) electrons. The summed E-state index contributed by atoms with van der Waals surface area (Å²) in [6, 6.07) is 3.55. The minimum Gasteiger partial charge on any atom is -0.486 e. The van der Waals surface area contributed by atoms with E-state index >= 15 is 0 Å². The molecule has 0 atom stereocenters. The van der Waals surface area contributed by atoms with E-state index in [1.807, 2.05) is 6.07 Å². The summed E-state index contributed by atoms with van der Waals surface area (Å²) in [5.74, 6) is 1.32. The molecule has 1 aliphatic carbocycles. The third kappa shape index (κ3) is 1.70. The predicted molar refractivity (Wildman–Crippen MR) is 61.5 cm³/mol. The average molecular weight is 252 g/mol. The van der Waals surface area contributed by atoms with Crippen LogP contribution < -0.4 is 9.47 Å². The number of halogens is 1. The van der Waals surface area contributed by atoms with Gasteiger partial charge in [-0.3, -0.25) is 0 Å². The summed E-state index contributed by atoms with van der Waals surface area (Å²) in [7, 11) is 0. The van der Waals surface area contributed by atoms with Crippen molar-refractivity contribution in [3.8, 4) is 11.5 Å². The van der Waals surface area contributed by atoms with Gasteiger partial charge < -0.3 is 9.47 Å². The first-order valence-corrected chi connectivity index (χ1v) is 5.82. The summed E-state index contributed by atoms with van der Waals surface area (Å²) in [6.45, 7) is 1.05. The predicted octanol–water partition coefficient (Wildman–Crippen LogP) is 2.44. The Morgan fingerprint density at radius 1 is 1.24 bits per heavy atom. The number of aliphatic imine (C=N–C) groups is 1. The number of isocyanates is 1. The molecule has 3 rings (SSSR count). The van der Waals surface area contributed by atoms with Crippen LogP contribution in [0.3, 0.4) is 0 Å². The van der Waals surface area contributed by atoms with Crippen molar-refractivity contribution in [3.63, 3.8) is 0 Å². The van der Waals surface area contributed by atoms with E-state index in [0.29, 0.717) is 29.7 Å². The number of fused-ring (bicyclic) bond motifs is 1. The van der Waals surface area contributed by atoms with Gasteiger partial charge in [0.25, 0.3) is 0 Å². The Bertz CT molecular complexity index is 519. The maximum Gasteiger partial charge on any atom is 0.235 e. The maximum atomic E-state index is 10.4. The SMILES string of the molecule is O=C=NC1(c2cc3c(cc2Cl)OCCO3)CC1. The number of benzene rings is 1. The molecule has 1 heterocycles. The highest BCUT2D eigenvalue weighted by atomic mass is 35.5. The maximum absolute atomic E-state index is 10.4. The van der Waals surface area contributed by atoms with Crippen LogP contribution in [-0.4, -0.2) is 19.3 Å². The summed E-state index contributed by atoms with van der Waals surface area (Å²) >= 11 is 6.20. The van der Waals surface area contributed by atoms with Crippen molar-refractivity contribution >= 4 is 17.7 Å². The smallest absolute Gasteiger partial charge is 0.235 e. The van der Waals surface area contributed by atoms with Crippen molar-refractivity contribution in [1.29, 1.82) is 0 Å². The van der Waals surface area contributed by atoms with Crippen LogP contribution in [0, 0.1) is 0 Å². The normalized spacial score (nSPS) is 19.4. The van der Waals surface area contributed by atoms with Gasteiger partial charge in [-0.25, -0.2) is 4.79 Å². The van der Waals surface area contributed by atoms with Crippen molar-refractivity contribution in [2.45, 2.75) is 18.4 Å². The monoisotopic (exact) mass is 251 g/mol. The van der Waals surface area contributed by atoms with E-state index in [1.54, 1.807) is 12.1 Å². The Balaban J connectivity index is 2.08. The molecule has 1 aliphatic heterocycles. The number of hydrogen-bond donors (Lipinski definition) is 0. The molecule has 0 spiro atoms. The van der Waals surface area contributed by atoms with Gasteiger partial charge in [-0.1, -0.05) is 11.6 Å². The minimum atomic E-state index is -0.478. The standard InChI is InChI=1S/C12H10ClNO3/c13-9-6-11-10(16-3-4-17-11)5-8(9)12(1-2-12)14-7-15/h5-6H,1-4H2. The molecule has 1 fully saturated rings. The summed E-state index contributed by atoms with van der Waals surface area (Å²) in [5, 5.41) is 0.561. The molecule has 1 aromatic carbocycles. The Kier molecular flexibility index (Phi) is 2.35. The molecule has 0 unspecified atom stereocenters. The van der Waals surface area contributed by atoms with Gasteiger partial charge in [-0.2, -0.15) is 4.99 Å². The molecule has 2 aliphatic rings. The lowest BCUT2D eigenvalue weighted by atomic mass is 10.0. The molecular weight excluding hydrogens is 242 g/mol. The van der Waals surface area contributed by atoms with Crippen LogP contribution in [0.2, 0.25) is 5.02 Å². The first-order chi connectivity index (χ1) is 8.25. The Labute approximate surface area is 103 Å². The molecule has 1 aromatic rings. The fourth-order valence-electron chi connectivity index (χ4n) is 2.07. The highest BCUT2D eigenvalue weighted by molar-refractivity contribution is 6.31. The lowest BCUT2D eigenvalue weighted by Crippen LogP contribution is -2.16. The van der Waals surface area contributed by atoms with Crippen LogP contribution in [0.5, 0.6) is 11.5 Å². The second-order valence-electron chi connectivity index (χ2n) is 4.21. The molecule has 0 amide bonds. The molecule has 1 saturated carbocycles. The highest BCUT2D eigenvalue weighted by Gasteiger charge is 2.46. The molecule has 0 bridgehead atoms.